The molecule has 0 saturated heterocycles. The lowest BCUT2D eigenvalue weighted by Gasteiger charge is -2.27. The first kappa shape index (κ1) is 10.5. The molecule has 1 saturated carbocycles. The van der Waals surface area contributed by atoms with E-state index in [1.165, 1.54) is 26.4 Å². The standard InChI is InChI=1S/C10H18O3/c1-12-9(10(11)13-2)8-6-4-3-5-7-8/h8-9H,3-7H2,1-2H3/t9-/m1/s1. The molecule has 1 fully saturated rings. The minimum absolute atomic E-state index is 0.227. The zero-order chi connectivity index (χ0) is 9.68. The fraction of sp³-hybridized carbons (Fsp3) is 0.900. The molecule has 1 rings (SSSR count). The second kappa shape index (κ2) is 5.22. The molecule has 0 aromatic carbocycles. The van der Waals surface area contributed by atoms with Crippen molar-refractivity contribution in [3.05, 3.63) is 0 Å². The molecule has 76 valence electrons. The van der Waals surface area contributed by atoms with Crippen molar-refractivity contribution in [3.63, 3.8) is 0 Å². The van der Waals surface area contributed by atoms with E-state index < -0.39 is 0 Å². The van der Waals surface area contributed by atoms with Crippen molar-refractivity contribution in [2.24, 2.45) is 5.92 Å². The fourth-order valence-corrected chi connectivity index (χ4v) is 2.03. The van der Waals surface area contributed by atoms with Crippen LogP contribution in [0.4, 0.5) is 0 Å². The summed E-state index contributed by atoms with van der Waals surface area (Å²) in [6.07, 6.45) is 5.54. The molecule has 0 aromatic heterocycles. The van der Waals surface area contributed by atoms with Gasteiger partial charge in [-0.05, 0) is 18.8 Å². The minimum atomic E-state index is -0.342. The van der Waals surface area contributed by atoms with Gasteiger partial charge in [-0.1, -0.05) is 19.3 Å². The van der Waals surface area contributed by atoms with Crippen molar-refractivity contribution < 1.29 is 14.3 Å². The fourth-order valence-electron chi connectivity index (χ4n) is 2.03. The summed E-state index contributed by atoms with van der Waals surface area (Å²) >= 11 is 0. The molecule has 0 radical (unpaired) electrons. The molecular weight excluding hydrogens is 168 g/mol. The molecule has 0 unspecified atom stereocenters. The summed E-state index contributed by atoms with van der Waals surface area (Å²) in [6.45, 7) is 0. The summed E-state index contributed by atoms with van der Waals surface area (Å²) in [7, 11) is 2.99. The van der Waals surface area contributed by atoms with Crippen LogP contribution in [-0.2, 0) is 14.3 Å². The van der Waals surface area contributed by atoms with Crippen LogP contribution in [0.1, 0.15) is 32.1 Å². The first-order chi connectivity index (χ1) is 6.29. The summed E-state index contributed by atoms with van der Waals surface area (Å²) in [5.74, 6) is 0.139. The number of esters is 1. The van der Waals surface area contributed by atoms with E-state index in [9.17, 15) is 4.79 Å². The van der Waals surface area contributed by atoms with E-state index in [4.69, 9.17) is 9.47 Å². The molecule has 0 heterocycles. The highest BCUT2D eigenvalue weighted by Crippen LogP contribution is 2.28. The molecule has 3 heteroatoms. The first-order valence-electron chi connectivity index (χ1n) is 4.90. The third kappa shape index (κ3) is 2.69. The average Bonchev–Trinajstić information content (AvgIpc) is 2.20. The predicted molar refractivity (Wildman–Crippen MR) is 49.4 cm³/mol. The number of hydrogen-bond donors (Lipinski definition) is 0. The van der Waals surface area contributed by atoms with Crippen LogP contribution in [0, 0.1) is 5.92 Å². The van der Waals surface area contributed by atoms with Gasteiger partial charge < -0.3 is 9.47 Å². The van der Waals surface area contributed by atoms with Crippen LogP contribution in [0.15, 0.2) is 0 Å². The molecule has 0 bridgehead atoms. The Balaban J connectivity index is 2.48. The second-order valence-electron chi connectivity index (χ2n) is 3.58. The van der Waals surface area contributed by atoms with Gasteiger partial charge in [-0.15, -0.1) is 0 Å². The third-order valence-corrected chi connectivity index (χ3v) is 2.77. The Morgan fingerprint density at radius 3 is 2.31 bits per heavy atom. The Hall–Kier alpha value is -0.570. The lowest BCUT2D eigenvalue weighted by atomic mass is 9.85. The van der Waals surface area contributed by atoms with E-state index in [1.807, 2.05) is 0 Å². The lowest BCUT2D eigenvalue weighted by molar-refractivity contribution is -0.156. The van der Waals surface area contributed by atoms with Gasteiger partial charge in [-0.2, -0.15) is 0 Å². The van der Waals surface area contributed by atoms with Gasteiger partial charge in [0, 0.05) is 7.11 Å². The van der Waals surface area contributed by atoms with E-state index >= 15 is 0 Å². The monoisotopic (exact) mass is 186 g/mol. The maximum atomic E-state index is 11.3. The number of carbonyl (C=O) groups excluding carboxylic acids is 1. The molecule has 0 N–H and O–H groups in total. The van der Waals surface area contributed by atoms with Gasteiger partial charge in [0.2, 0.25) is 0 Å². The smallest absolute Gasteiger partial charge is 0.335 e. The van der Waals surface area contributed by atoms with E-state index in [-0.39, 0.29) is 12.1 Å². The quantitative estimate of drug-likeness (QED) is 0.630. The van der Waals surface area contributed by atoms with Crippen LogP contribution in [-0.4, -0.2) is 26.3 Å². The van der Waals surface area contributed by atoms with Crippen LogP contribution in [0.2, 0.25) is 0 Å². The number of carbonyl (C=O) groups is 1. The molecule has 1 atom stereocenters. The average molecular weight is 186 g/mol. The predicted octanol–water partition coefficient (Wildman–Crippen LogP) is 1.75. The normalized spacial score (nSPS) is 21.1. The lowest BCUT2D eigenvalue weighted by Crippen LogP contribution is -2.33. The van der Waals surface area contributed by atoms with Crippen LogP contribution in [0.5, 0.6) is 0 Å². The molecule has 0 amide bonds. The van der Waals surface area contributed by atoms with Crippen molar-refractivity contribution in [1.82, 2.24) is 0 Å². The summed E-state index contributed by atoms with van der Waals surface area (Å²) in [6, 6.07) is 0. The van der Waals surface area contributed by atoms with Crippen LogP contribution in [0.25, 0.3) is 0 Å². The van der Waals surface area contributed by atoms with Gasteiger partial charge in [0.25, 0.3) is 0 Å². The maximum absolute atomic E-state index is 11.3. The molecule has 0 aromatic rings. The summed E-state index contributed by atoms with van der Waals surface area (Å²) < 4.78 is 9.86. The molecular formula is C10H18O3. The maximum Gasteiger partial charge on any atom is 0.335 e. The minimum Gasteiger partial charge on any atom is -0.467 e. The van der Waals surface area contributed by atoms with Gasteiger partial charge in [-0.3, -0.25) is 0 Å². The van der Waals surface area contributed by atoms with Crippen molar-refractivity contribution in [2.75, 3.05) is 14.2 Å². The second-order valence-corrected chi connectivity index (χ2v) is 3.58. The van der Waals surface area contributed by atoms with Gasteiger partial charge in [0.15, 0.2) is 6.10 Å². The summed E-state index contributed by atoms with van der Waals surface area (Å²) in [4.78, 5) is 11.3. The Morgan fingerprint density at radius 2 is 1.85 bits per heavy atom. The zero-order valence-corrected chi connectivity index (χ0v) is 8.41. The van der Waals surface area contributed by atoms with Crippen molar-refractivity contribution >= 4 is 5.97 Å². The molecule has 1 aliphatic carbocycles. The topological polar surface area (TPSA) is 35.5 Å². The van der Waals surface area contributed by atoms with E-state index in [0.717, 1.165) is 12.8 Å². The highest BCUT2D eigenvalue weighted by Gasteiger charge is 2.29. The highest BCUT2D eigenvalue weighted by molar-refractivity contribution is 5.74. The SMILES string of the molecule is COC(=O)[C@H](OC)C1CCCCC1. The molecule has 0 spiro atoms. The van der Waals surface area contributed by atoms with Gasteiger partial charge in [0.1, 0.15) is 0 Å². The molecule has 1 aliphatic rings. The van der Waals surface area contributed by atoms with Crippen molar-refractivity contribution in [3.8, 4) is 0 Å². The Bertz CT molecular complexity index is 162. The highest BCUT2D eigenvalue weighted by atomic mass is 16.6. The largest absolute Gasteiger partial charge is 0.467 e. The van der Waals surface area contributed by atoms with Crippen LogP contribution >= 0.6 is 0 Å². The number of ether oxygens (including phenoxy) is 2. The Morgan fingerprint density at radius 1 is 1.23 bits per heavy atom. The summed E-state index contributed by atoms with van der Waals surface area (Å²) in [5, 5.41) is 0. The number of rotatable bonds is 3. The number of hydrogen-bond acceptors (Lipinski definition) is 3. The Labute approximate surface area is 79.4 Å². The zero-order valence-electron chi connectivity index (χ0n) is 8.41. The molecule has 13 heavy (non-hydrogen) atoms. The van der Waals surface area contributed by atoms with Gasteiger partial charge in [0.05, 0.1) is 7.11 Å². The Kier molecular flexibility index (Phi) is 4.22. The van der Waals surface area contributed by atoms with Crippen molar-refractivity contribution in [1.29, 1.82) is 0 Å². The third-order valence-electron chi connectivity index (χ3n) is 2.77. The van der Waals surface area contributed by atoms with E-state index in [2.05, 4.69) is 0 Å². The van der Waals surface area contributed by atoms with E-state index in [1.54, 1.807) is 7.11 Å². The molecule has 0 aliphatic heterocycles. The van der Waals surface area contributed by atoms with Crippen LogP contribution in [0.3, 0.4) is 0 Å². The molecule has 3 nitrogen and oxygen atoms in total. The first-order valence-corrected chi connectivity index (χ1v) is 4.90. The summed E-state index contributed by atoms with van der Waals surface area (Å²) in [5.41, 5.74) is 0. The van der Waals surface area contributed by atoms with Crippen LogP contribution < -0.4 is 0 Å². The van der Waals surface area contributed by atoms with E-state index in [0.29, 0.717) is 5.92 Å². The van der Waals surface area contributed by atoms with Gasteiger partial charge in [-0.25, -0.2) is 4.79 Å². The van der Waals surface area contributed by atoms with Crippen molar-refractivity contribution in [2.45, 2.75) is 38.2 Å². The van der Waals surface area contributed by atoms with Gasteiger partial charge >= 0.3 is 5.97 Å². The number of methoxy groups -OCH3 is 2.